The minimum absolute atomic E-state index is 0.601. The van der Waals surface area contributed by atoms with E-state index in [0.717, 1.165) is 21.7 Å². The lowest BCUT2D eigenvalue weighted by atomic mass is 10.3. The molecule has 2 rings (SSSR count). The number of hydrogen-bond acceptors (Lipinski definition) is 4. The fourth-order valence-corrected chi connectivity index (χ4v) is 1.82. The van der Waals surface area contributed by atoms with Crippen LogP contribution in [0.5, 0.6) is 5.75 Å². The third-order valence-electron chi connectivity index (χ3n) is 2.40. The van der Waals surface area contributed by atoms with Crippen molar-refractivity contribution in [2.24, 2.45) is 7.05 Å². The zero-order valence-electron chi connectivity index (χ0n) is 9.64. The van der Waals surface area contributed by atoms with E-state index in [1.54, 1.807) is 13.4 Å². The van der Waals surface area contributed by atoms with Crippen LogP contribution in [0.15, 0.2) is 29.0 Å². The van der Waals surface area contributed by atoms with Gasteiger partial charge in [0.25, 0.3) is 0 Å². The van der Waals surface area contributed by atoms with Gasteiger partial charge in [0.05, 0.1) is 19.3 Å². The number of nitrogens with zero attached hydrogens (tertiary/aromatic N) is 3. The fraction of sp³-hybridized carbons (Fsp3) is 0.273. The molecule has 0 saturated heterocycles. The van der Waals surface area contributed by atoms with Crippen LogP contribution in [0.2, 0.25) is 0 Å². The number of hydrogen-bond donors (Lipinski definition) is 1. The standard InChI is InChI=1S/C11H13BrN4O/c1-16-7-14-15-11(16)6-13-9-5-8(12)3-4-10(9)17-2/h3-5,7,13H,6H2,1-2H3. The Balaban J connectivity index is 2.13. The van der Waals surface area contributed by atoms with Gasteiger partial charge in [-0.05, 0) is 18.2 Å². The Morgan fingerprint density at radius 3 is 2.94 bits per heavy atom. The highest BCUT2D eigenvalue weighted by atomic mass is 79.9. The maximum absolute atomic E-state index is 5.27. The molecule has 0 atom stereocenters. The van der Waals surface area contributed by atoms with Gasteiger partial charge in [-0.2, -0.15) is 0 Å². The van der Waals surface area contributed by atoms with E-state index in [-0.39, 0.29) is 0 Å². The second-order valence-corrected chi connectivity index (χ2v) is 4.47. The average molecular weight is 297 g/mol. The second kappa shape index (κ2) is 5.18. The molecule has 2 aromatic rings. The third kappa shape index (κ3) is 2.76. The summed E-state index contributed by atoms with van der Waals surface area (Å²) in [6.07, 6.45) is 1.68. The van der Waals surface area contributed by atoms with E-state index in [1.807, 2.05) is 29.8 Å². The van der Waals surface area contributed by atoms with Crippen molar-refractivity contribution < 1.29 is 4.74 Å². The molecule has 1 heterocycles. The molecule has 0 aliphatic heterocycles. The van der Waals surface area contributed by atoms with Crippen LogP contribution in [0.25, 0.3) is 0 Å². The first-order chi connectivity index (χ1) is 8.20. The van der Waals surface area contributed by atoms with Crippen LogP contribution in [-0.2, 0) is 13.6 Å². The Labute approximate surface area is 108 Å². The van der Waals surface area contributed by atoms with Gasteiger partial charge in [0.1, 0.15) is 12.1 Å². The maximum atomic E-state index is 5.27. The van der Waals surface area contributed by atoms with Gasteiger partial charge in [0, 0.05) is 11.5 Å². The van der Waals surface area contributed by atoms with E-state index < -0.39 is 0 Å². The molecular formula is C11H13BrN4O. The van der Waals surface area contributed by atoms with Gasteiger partial charge in [-0.1, -0.05) is 15.9 Å². The van der Waals surface area contributed by atoms with Gasteiger partial charge in [0.15, 0.2) is 5.82 Å². The van der Waals surface area contributed by atoms with Crippen molar-refractivity contribution in [2.45, 2.75) is 6.54 Å². The van der Waals surface area contributed by atoms with Gasteiger partial charge >= 0.3 is 0 Å². The summed E-state index contributed by atoms with van der Waals surface area (Å²) in [7, 11) is 3.56. The summed E-state index contributed by atoms with van der Waals surface area (Å²) < 4.78 is 8.15. The molecule has 6 heteroatoms. The smallest absolute Gasteiger partial charge is 0.151 e. The Morgan fingerprint density at radius 1 is 1.47 bits per heavy atom. The SMILES string of the molecule is COc1ccc(Br)cc1NCc1nncn1C. The molecule has 1 aromatic heterocycles. The summed E-state index contributed by atoms with van der Waals surface area (Å²) in [5, 5.41) is 11.1. The van der Waals surface area contributed by atoms with Gasteiger partial charge in [0.2, 0.25) is 0 Å². The molecule has 90 valence electrons. The largest absolute Gasteiger partial charge is 0.495 e. The van der Waals surface area contributed by atoms with Crippen molar-refractivity contribution >= 4 is 21.6 Å². The van der Waals surface area contributed by atoms with Crippen LogP contribution >= 0.6 is 15.9 Å². The number of anilines is 1. The van der Waals surface area contributed by atoms with Crippen molar-refractivity contribution in [3.05, 3.63) is 34.8 Å². The Morgan fingerprint density at radius 2 is 2.29 bits per heavy atom. The van der Waals surface area contributed by atoms with E-state index in [2.05, 4.69) is 31.4 Å². The monoisotopic (exact) mass is 296 g/mol. The number of nitrogens with one attached hydrogen (secondary N) is 1. The Hall–Kier alpha value is -1.56. The lowest BCUT2D eigenvalue weighted by molar-refractivity contribution is 0.416. The summed E-state index contributed by atoms with van der Waals surface area (Å²) >= 11 is 3.43. The molecule has 0 radical (unpaired) electrons. The highest BCUT2D eigenvalue weighted by molar-refractivity contribution is 9.10. The topological polar surface area (TPSA) is 52.0 Å². The summed E-state index contributed by atoms with van der Waals surface area (Å²) in [5.74, 6) is 1.67. The number of methoxy groups -OCH3 is 1. The van der Waals surface area contributed by atoms with Gasteiger partial charge in [-0.3, -0.25) is 0 Å². The van der Waals surface area contributed by atoms with Gasteiger partial charge in [-0.15, -0.1) is 10.2 Å². The third-order valence-corrected chi connectivity index (χ3v) is 2.90. The number of halogens is 1. The van der Waals surface area contributed by atoms with Crippen molar-refractivity contribution in [3.8, 4) is 5.75 Å². The van der Waals surface area contributed by atoms with E-state index >= 15 is 0 Å². The zero-order valence-corrected chi connectivity index (χ0v) is 11.2. The summed E-state index contributed by atoms with van der Waals surface area (Å²) in [4.78, 5) is 0. The normalized spacial score (nSPS) is 10.3. The minimum Gasteiger partial charge on any atom is -0.495 e. The lowest BCUT2D eigenvalue weighted by Gasteiger charge is -2.11. The van der Waals surface area contributed by atoms with Gasteiger partial charge in [-0.25, -0.2) is 0 Å². The molecule has 5 nitrogen and oxygen atoms in total. The van der Waals surface area contributed by atoms with Crippen LogP contribution < -0.4 is 10.1 Å². The summed E-state index contributed by atoms with van der Waals surface area (Å²) in [6.45, 7) is 0.601. The fourth-order valence-electron chi connectivity index (χ4n) is 1.46. The van der Waals surface area contributed by atoms with Gasteiger partial charge < -0.3 is 14.6 Å². The van der Waals surface area contributed by atoms with Crippen molar-refractivity contribution in [1.82, 2.24) is 14.8 Å². The van der Waals surface area contributed by atoms with Crippen LogP contribution in [0, 0.1) is 0 Å². The van der Waals surface area contributed by atoms with E-state index in [1.165, 1.54) is 0 Å². The first-order valence-corrected chi connectivity index (χ1v) is 5.90. The average Bonchev–Trinajstić information content (AvgIpc) is 2.72. The highest BCUT2D eigenvalue weighted by Gasteiger charge is 2.05. The maximum Gasteiger partial charge on any atom is 0.151 e. The van der Waals surface area contributed by atoms with Crippen LogP contribution in [0.3, 0.4) is 0 Å². The minimum atomic E-state index is 0.601. The lowest BCUT2D eigenvalue weighted by Crippen LogP contribution is -2.06. The zero-order chi connectivity index (χ0) is 12.3. The molecule has 0 amide bonds. The molecule has 17 heavy (non-hydrogen) atoms. The van der Waals surface area contributed by atoms with Crippen molar-refractivity contribution in [2.75, 3.05) is 12.4 Å². The number of benzene rings is 1. The molecule has 0 aliphatic carbocycles. The van der Waals surface area contributed by atoms with Crippen LogP contribution in [-0.4, -0.2) is 21.9 Å². The Bertz CT molecular complexity index is 512. The molecule has 0 bridgehead atoms. The number of rotatable bonds is 4. The van der Waals surface area contributed by atoms with Crippen LogP contribution in [0.4, 0.5) is 5.69 Å². The molecule has 1 aromatic carbocycles. The molecule has 1 N–H and O–H groups in total. The summed E-state index contributed by atoms with van der Waals surface area (Å²) in [5.41, 5.74) is 0.921. The predicted octanol–water partition coefficient (Wildman–Crippen LogP) is 2.20. The second-order valence-electron chi connectivity index (χ2n) is 3.56. The molecular weight excluding hydrogens is 284 g/mol. The predicted molar refractivity (Wildman–Crippen MR) is 69.0 cm³/mol. The van der Waals surface area contributed by atoms with Crippen molar-refractivity contribution in [1.29, 1.82) is 0 Å². The van der Waals surface area contributed by atoms with Crippen molar-refractivity contribution in [3.63, 3.8) is 0 Å². The van der Waals surface area contributed by atoms with E-state index in [4.69, 9.17) is 4.74 Å². The molecule has 0 unspecified atom stereocenters. The number of aromatic nitrogens is 3. The quantitative estimate of drug-likeness (QED) is 0.940. The van der Waals surface area contributed by atoms with Crippen LogP contribution in [0.1, 0.15) is 5.82 Å². The number of aryl methyl sites for hydroxylation is 1. The van der Waals surface area contributed by atoms with E-state index in [0.29, 0.717) is 6.54 Å². The highest BCUT2D eigenvalue weighted by Crippen LogP contribution is 2.28. The number of ether oxygens (including phenoxy) is 1. The molecule has 0 aliphatic rings. The Kier molecular flexibility index (Phi) is 3.63. The van der Waals surface area contributed by atoms with E-state index in [9.17, 15) is 0 Å². The molecule has 0 fully saturated rings. The first kappa shape index (κ1) is 11.9. The molecule has 0 spiro atoms. The summed E-state index contributed by atoms with van der Waals surface area (Å²) in [6, 6.07) is 5.81. The first-order valence-electron chi connectivity index (χ1n) is 5.11. The molecule has 0 saturated carbocycles.